The van der Waals surface area contributed by atoms with Gasteiger partial charge in [0.2, 0.25) is 0 Å². The van der Waals surface area contributed by atoms with Crippen molar-refractivity contribution in [3.05, 3.63) is 36.4 Å². The van der Waals surface area contributed by atoms with E-state index in [-0.39, 0.29) is 0 Å². The van der Waals surface area contributed by atoms with Crippen LogP contribution >= 0.6 is 0 Å². The number of nitrogens with zero attached hydrogens (tertiary/aromatic N) is 6. The predicted octanol–water partition coefficient (Wildman–Crippen LogP) is 2.61. The second-order valence-corrected chi connectivity index (χ2v) is 5.06. The van der Waals surface area contributed by atoms with Crippen LogP contribution in [0.2, 0.25) is 0 Å². The second-order valence-electron chi connectivity index (χ2n) is 5.06. The van der Waals surface area contributed by atoms with Crippen LogP contribution in [0.3, 0.4) is 0 Å². The number of hydrogen-bond donors (Lipinski definition) is 0. The Balaban J connectivity index is 2.00. The number of alkyl halides is 3. The van der Waals surface area contributed by atoms with E-state index in [9.17, 15) is 13.2 Å². The highest BCUT2D eigenvalue weighted by Crippen LogP contribution is 2.26. The van der Waals surface area contributed by atoms with Crippen LogP contribution in [0.25, 0.3) is 22.8 Å². The molecule has 23 heavy (non-hydrogen) atoms. The van der Waals surface area contributed by atoms with Crippen LogP contribution in [-0.2, 0) is 13.6 Å². The number of halogens is 3. The van der Waals surface area contributed by atoms with Crippen molar-refractivity contribution in [3.63, 3.8) is 0 Å². The van der Waals surface area contributed by atoms with E-state index in [1.165, 1.54) is 6.20 Å². The maximum Gasteiger partial charge on any atom is 0.408 e. The molecule has 0 aliphatic heterocycles. The smallest absolute Gasteiger partial charge is 0.310 e. The van der Waals surface area contributed by atoms with Gasteiger partial charge in [-0.25, -0.2) is 0 Å². The molecular weight excluding hydrogens is 309 g/mol. The lowest BCUT2D eigenvalue weighted by Crippen LogP contribution is -2.19. The third-order valence-electron chi connectivity index (χ3n) is 3.47. The molecule has 0 unspecified atom stereocenters. The van der Waals surface area contributed by atoms with Crippen molar-refractivity contribution in [2.75, 3.05) is 0 Å². The molecule has 0 aliphatic rings. The van der Waals surface area contributed by atoms with Crippen LogP contribution in [-0.4, -0.2) is 35.7 Å². The second kappa shape index (κ2) is 5.49. The van der Waals surface area contributed by atoms with Crippen LogP contribution in [0, 0.1) is 6.92 Å². The van der Waals surface area contributed by atoms with E-state index in [0.717, 1.165) is 10.2 Å². The average molecular weight is 322 g/mol. The maximum absolute atomic E-state index is 12.5. The molecule has 0 radical (unpaired) electrons. The first-order valence-corrected chi connectivity index (χ1v) is 6.76. The molecule has 6 nitrogen and oxygen atoms in total. The molecule has 0 saturated carbocycles. The van der Waals surface area contributed by atoms with E-state index < -0.39 is 12.7 Å². The molecule has 0 aliphatic carbocycles. The van der Waals surface area contributed by atoms with E-state index in [0.29, 0.717) is 22.9 Å². The van der Waals surface area contributed by atoms with Gasteiger partial charge in [-0.1, -0.05) is 0 Å². The van der Waals surface area contributed by atoms with Crippen LogP contribution in [0.1, 0.15) is 5.69 Å². The standard InChI is InChI=1S/C14H13F3N6/c1-9-11(7-19-23(9)8-14(15,16)17)13-21-20-12(22(13)2)10-4-3-5-18-6-10/h3-7H,8H2,1-2H3. The van der Waals surface area contributed by atoms with Crippen molar-refractivity contribution in [3.8, 4) is 22.8 Å². The highest BCUT2D eigenvalue weighted by molar-refractivity contribution is 5.62. The maximum atomic E-state index is 12.5. The molecule has 0 atom stereocenters. The quantitative estimate of drug-likeness (QED) is 0.744. The third kappa shape index (κ3) is 2.94. The van der Waals surface area contributed by atoms with Crippen molar-refractivity contribution in [1.29, 1.82) is 0 Å². The van der Waals surface area contributed by atoms with E-state index in [4.69, 9.17) is 0 Å². The predicted molar refractivity (Wildman–Crippen MR) is 76.2 cm³/mol. The summed E-state index contributed by atoms with van der Waals surface area (Å²) in [7, 11) is 1.75. The van der Waals surface area contributed by atoms with Gasteiger partial charge < -0.3 is 4.57 Å². The van der Waals surface area contributed by atoms with Gasteiger partial charge in [0.05, 0.1) is 11.8 Å². The molecule has 3 heterocycles. The van der Waals surface area contributed by atoms with E-state index in [1.54, 1.807) is 37.0 Å². The molecule has 9 heteroatoms. The SMILES string of the molecule is Cc1c(-c2nnc(-c3cccnc3)n2C)cnn1CC(F)(F)F. The topological polar surface area (TPSA) is 61.4 Å². The molecule has 0 N–H and O–H groups in total. The normalized spacial score (nSPS) is 11.9. The molecule has 0 amide bonds. The monoisotopic (exact) mass is 322 g/mol. The number of rotatable bonds is 3. The third-order valence-corrected chi connectivity index (χ3v) is 3.47. The van der Waals surface area contributed by atoms with Crippen molar-refractivity contribution < 1.29 is 13.2 Å². The molecule has 3 aromatic heterocycles. The minimum atomic E-state index is -4.32. The summed E-state index contributed by atoms with van der Waals surface area (Å²) in [5.74, 6) is 1.03. The lowest BCUT2D eigenvalue weighted by Gasteiger charge is -2.08. The van der Waals surface area contributed by atoms with Crippen molar-refractivity contribution in [2.45, 2.75) is 19.6 Å². The number of aromatic nitrogens is 6. The zero-order chi connectivity index (χ0) is 16.6. The summed E-state index contributed by atoms with van der Waals surface area (Å²) < 4.78 is 40.2. The fraction of sp³-hybridized carbons (Fsp3) is 0.286. The Morgan fingerprint density at radius 3 is 2.52 bits per heavy atom. The Morgan fingerprint density at radius 2 is 1.87 bits per heavy atom. The summed E-state index contributed by atoms with van der Waals surface area (Å²) in [6.45, 7) is 0.443. The Hall–Kier alpha value is -2.71. The van der Waals surface area contributed by atoms with Gasteiger partial charge in [-0.3, -0.25) is 9.67 Å². The minimum absolute atomic E-state index is 0.385. The van der Waals surface area contributed by atoms with Gasteiger partial charge in [-0.15, -0.1) is 10.2 Å². The molecule has 0 spiro atoms. The van der Waals surface area contributed by atoms with Gasteiger partial charge in [0, 0.05) is 30.7 Å². The van der Waals surface area contributed by atoms with E-state index in [2.05, 4.69) is 20.3 Å². The van der Waals surface area contributed by atoms with Crippen molar-refractivity contribution in [2.24, 2.45) is 7.05 Å². The zero-order valence-electron chi connectivity index (χ0n) is 12.4. The Labute approximate surface area is 129 Å². The molecular formula is C14H13F3N6. The number of hydrogen-bond acceptors (Lipinski definition) is 4. The molecule has 0 saturated heterocycles. The largest absolute Gasteiger partial charge is 0.408 e. The molecule has 120 valence electrons. The Kier molecular flexibility index (Phi) is 3.63. The van der Waals surface area contributed by atoms with Crippen LogP contribution in [0.5, 0.6) is 0 Å². The summed E-state index contributed by atoms with van der Waals surface area (Å²) in [5, 5.41) is 12.0. The fourth-order valence-corrected chi connectivity index (χ4v) is 2.31. The molecule has 0 fully saturated rings. The molecule has 3 aromatic rings. The van der Waals surface area contributed by atoms with E-state index in [1.807, 2.05) is 6.07 Å². The lowest BCUT2D eigenvalue weighted by molar-refractivity contribution is -0.142. The van der Waals surface area contributed by atoms with Crippen molar-refractivity contribution in [1.82, 2.24) is 29.5 Å². The Morgan fingerprint density at radius 1 is 1.13 bits per heavy atom. The highest BCUT2D eigenvalue weighted by Gasteiger charge is 2.30. The first-order chi connectivity index (χ1) is 10.9. The van der Waals surface area contributed by atoms with Crippen LogP contribution in [0.4, 0.5) is 13.2 Å². The summed E-state index contributed by atoms with van der Waals surface area (Å²) in [6, 6.07) is 3.61. The van der Waals surface area contributed by atoms with Crippen LogP contribution in [0.15, 0.2) is 30.7 Å². The summed E-state index contributed by atoms with van der Waals surface area (Å²) in [4.78, 5) is 4.02. The minimum Gasteiger partial charge on any atom is -0.310 e. The molecule has 3 rings (SSSR count). The summed E-state index contributed by atoms with van der Waals surface area (Å²) in [5.41, 5.74) is 1.67. The van der Waals surface area contributed by atoms with Crippen molar-refractivity contribution >= 4 is 0 Å². The molecule has 0 bridgehead atoms. The fourth-order valence-electron chi connectivity index (χ4n) is 2.31. The number of pyridine rings is 1. The summed E-state index contributed by atoms with van der Waals surface area (Å²) >= 11 is 0. The van der Waals surface area contributed by atoms with Gasteiger partial charge in [0.25, 0.3) is 0 Å². The van der Waals surface area contributed by atoms with E-state index >= 15 is 0 Å². The Bertz CT molecular complexity index is 819. The van der Waals surface area contributed by atoms with Gasteiger partial charge in [0.1, 0.15) is 6.54 Å². The van der Waals surface area contributed by atoms with Gasteiger partial charge in [0.15, 0.2) is 11.6 Å². The zero-order valence-corrected chi connectivity index (χ0v) is 12.4. The average Bonchev–Trinajstić information content (AvgIpc) is 3.03. The lowest BCUT2D eigenvalue weighted by atomic mass is 10.2. The highest BCUT2D eigenvalue weighted by atomic mass is 19.4. The van der Waals surface area contributed by atoms with Gasteiger partial charge in [-0.05, 0) is 19.1 Å². The van der Waals surface area contributed by atoms with Gasteiger partial charge in [-0.2, -0.15) is 18.3 Å². The molecule has 0 aromatic carbocycles. The van der Waals surface area contributed by atoms with Crippen LogP contribution < -0.4 is 0 Å². The first-order valence-electron chi connectivity index (χ1n) is 6.76. The van der Waals surface area contributed by atoms with Gasteiger partial charge >= 0.3 is 6.18 Å². The summed E-state index contributed by atoms with van der Waals surface area (Å²) in [6.07, 6.45) is 0.340. The first kappa shape index (κ1) is 15.2.